The molecule has 0 fully saturated rings. The van der Waals surface area contributed by atoms with E-state index in [4.69, 9.17) is 0 Å². The van der Waals surface area contributed by atoms with Crippen LogP contribution in [0.3, 0.4) is 0 Å². The molecule has 0 bridgehead atoms. The van der Waals surface area contributed by atoms with E-state index < -0.39 is 0 Å². The van der Waals surface area contributed by atoms with Gasteiger partial charge in [0.25, 0.3) is 5.91 Å². The molecule has 0 aliphatic heterocycles. The molecule has 1 amide bonds. The maximum atomic E-state index is 12.4. The minimum atomic E-state index is -0.103. The first-order valence-electron chi connectivity index (χ1n) is 7.01. The standard InChI is InChI=1S/C17H21N3O/c1-20(2)13-12-18-16-11-7-6-10-15(16)17(21)19-14-8-4-3-5-9-14/h3-11,18H,12-13H2,1-2H3,(H,19,21). The largest absolute Gasteiger partial charge is 0.383 e. The van der Waals surface area contributed by atoms with Crippen molar-refractivity contribution >= 4 is 17.3 Å². The van der Waals surface area contributed by atoms with Crippen molar-refractivity contribution in [3.05, 3.63) is 60.2 Å². The van der Waals surface area contributed by atoms with Gasteiger partial charge >= 0.3 is 0 Å². The zero-order chi connectivity index (χ0) is 15.1. The van der Waals surface area contributed by atoms with Crippen molar-refractivity contribution < 1.29 is 4.79 Å². The van der Waals surface area contributed by atoms with E-state index in [1.54, 1.807) is 0 Å². The fourth-order valence-electron chi connectivity index (χ4n) is 1.97. The molecule has 4 nitrogen and oxygen atoms in total. The molecule has 0 aliphatic rings. The number of nitrogens with zero attached hydrogens (tertiary/aromatic N) is 1. The van der Waals surface area contributed by atoms with Crippen LogP contribution in [0.1, 0.15) is 10.4 Å². The van der Waals surface area contributed by atoms with Gasteiger partial charge in [-0.05, 0) is 38.4 Å². The highest BCUT2D eigenvalue weighted by Crippen LogP contribution is 2.17. The molecule has 0 atom stereocenters. The second-order valence-electron chi connectivity index (χ2n) is 5.10. The number of carbonyl (C=O) groups excluding carboxylic acids is 1. The first-order valence-corrected chi connectivity index (χ1v) is 7.01. The van der Waals surface area contributed by atoms with Gasteiger partial charge in [0.2, 0.25) is 0 Å². The first kappa shape index (κ1) is 15.1. The average molecular weight is 283 g/mol. The van der Waals surface area contributed by atoms with Crippen LogP contribution >= 0.6 is 0 Å². The lowest BCUT2D eigenvalue weighted by atomic mass is 10.1. The number of nitrogens with one attached hydrogen (secondary N) is 2. The van der Waals surface area contributed by atoms with Gasteiger partial charge in [-0.1, -0.05) is 30.3 Å². The van der Waals surface area contributed by atoms with Crippen molar-refractivity contribution in [2.45, 2.75) is 0 Å². The van der Waals surface area contributed by atoms with Crippen LogP contribution in [-0.2, 0) is 0 Å². The summed E-state index contributed by atoms with van der Waals surface area (Å²) in [7, 11) is 4.05. The lowest BCUT2D eigenvalue weighted by Gasteiger charge is -2.14. The maximum absolute atomic E-state index is 12.4. The van der Waals surface area contributed by atoms with E-state index in [1.807, 2.05) is 68.7 Å². The Hall–Kier alpha value is -2.33. The highest BCUT2D eigenvalue weighted by atomic mass is 16.1. The van der Waals surface area contributed by atoms with Crippen LogP contribution in [0.25, 0.3) is 0 Å². The van der Waals surface area contributed by atoms with Crippen LogP contribution in [0.2, 0.25) is 0 Å². The zero-order valence-corrected chi connectivity index (χ0v) is 12.5. The predicted octanol–water partition coefficient (Wildman–Crippen LogP) is 2.91. The highest BCUT2D eigenvalue weighted by molar-refractivity contribution is 6.08. The summed E-state index contributed by atoms with van der Waals surface area (Å²) in [6, 6.07) is 17.0. The van der Waals surface area contributed by atoms with Crippen molar-refractivity contribution in [3.63, 3.8) is 0 Å². The number of hydrogen-bond acceptors (Lipinski definition) is 3. The third-order valence-electron chi connectivity index (χ3n) is 3.08. The Morgan fingerprint density at radius 1 is 1.00 bits per heavy atom. The van der Waals surface area contributed by atoms with Crippen LogP contribution in [0.5, 0.6) is 0 Å². The number of likely N-dealkylation sites (N-methyl/N-ethyl adjacent to an activating group) is 1. The van der Waals surface area contributed by atoms with Gasteiger partial charge in [-0.3, -0.25) is 4.79 Å². The number of carbonyl (C=O) groups is 1. The Kier molecular flexibility index (Phi) is 5.35. The van der Waals surface area contributed by atoms with E-state index in [0.29, 0.717) is 5.56 Å². The summed E-state index contributed by atoms with van der Waals surface area (Å²) in [5, 5.41) is 6.22. The Bertz CT molecular complexity index is 582. The van der Waals surface area contributed by atoms with Crippen LogP contribution in [0, 0.1) is 0 Å². The third kappa shape index (κ3) is 4.61. The molecule has 4 heteroatoms. The molecule has 21 heavy (non-hydrogen) atoms. The molecule has 0 spiro atoms. The van der Waals surface area contributed by atoms with Gasteiger partial charge in [0, 0.05) is 24.5 Å². The molecule has 2 N–H and O–H groups in total. The van der Waals surface area contributed by atoms with Crippen molar-refractivity contribution in [2.75, 3.05) is 37.8 Å². The normalized spacial score (nSPS) is 10.4. The van der Waals surface area contributed by atoms with Gasteiger partial charge in [-0.2, -0.15) is 0 Å². The average Bonchev–Trinajstić information content (AvgIpc) is 2.48. The molecule has 0 aliphatic carbocycles. The molecule has 0 saturated carbocycles. The monoisotopic (exact) mass is 283 g/mol. The Balaban J connectivity index is 2.06. The third-order valence-corrected chi connectivity index (χ3v) is 3.08. The second-order valence-corrected chi connectivity index (χ2v) is 5.10. The summed E-state index contributed by atoms with van der Waals surface area (Å²) in [6.45, 7) is 1.71. The number of para-hydroxylation sites is 2. The Labute approximate surface area is 125 Å². The topological polar surface area (TPSA) is 44.4 Å². The van der Waals surface area contributed by atoms with Crippen molar-refractivity contribution in [1.29, 1.82) is 0 Å². The van der Waals surface area contributed by atoms with Gasteiger partial charge in [0.05, 0.1) is 5.56 Å². The van der Waals surface area contributed by atoms with Crippen molar-refractivity contribution in [1.82, 2.24) is 4.90 Å². The lowest BCUT2D eigenvalue weighted by Crippen LogP contribution is -2.22. The molecule has 0 heterocycles. The summed E-state index contributed by atoms with van der Waals surface area (Å²) in [5.74, 6) is -0.103. The fourth-order valence-corrected chi connectivity index (χ4v) is 1.97. The molecule has 110 valence electrons. The van der Waals surface area contributed by atoms with Crippen molar-refractivity contribution in [3.8, 4) is 0 Å². The summed E-state index contributed by atoms with van der Waals surface area (Å²) >= 11 is 0. The fraction of sp³-hybridized carbons (Fsp3) is 0.235. The highest BCUT2D eigenvalue weighted by Gasteiger charge is 2.10. The molecule has 2 rings (SSSR count). The molecule has 0 saturated heterocycles. The van der Waals surface area contributed by atoms with Gasteiger partial charge < -0.3 is 15.5 Å². The lowest BCUT2D eigenvalue weighted by molar-refractivity contribution is 0.102. The van der Waals surface area contributed by atoms with Crippen LogP contribution in [0.4, 0.5) is 11.4 Å². The molecule has 2 aromatic rings. The molecule has 2 aromatic carbocycles. The van der Waals surface area contributed by atoms with E-state index in [-0.39, 0.29) is 5.91 Å². The predicted molar refractivity (Wildman–Crippen MR) is 87.9 cm³/mol. The number of rotatable bonds is 6. The smallest absolute Gasteiger partial charge is 0.257 e. The molecule has 0 unspecified atom stereocenters. The van der Waals surface area contributed by atoms with E-state index in [0.717, 1.165) is 24.5 Å². The molecular weight excluding hydrogens is 262 g/mol. The number of hydrogen-bond donors (Lipinski definition) is 2. The van der Waals surface area contributed by atoms with Gasteiger partial charge in [-0.15, -0.1) is 0 Å². The van der Waals surface area contributed by atoms with Gasteiger partial charge in [-0.25, -0.2) is 0 Å². The minimum absolute atomic E-state index is 0.103. The number of amides is 1. The number of anilines is 2. The van der Waals surface area contributed by atoms with E-state index in [9.17, 15) is 4.79 Å². The molecule has 0 aromatic heterocycles. The Morgan fingerprint density at radius 3 is 2.38 bits per heavy atom. The van der Waals surface area contributed by atoms with E-state index in [2.05, 4.69) is 15.5 Å². The quantitative estimate of drug-likeness (QED) is 0.856. The summed E-state index contributed by atoms with van der Waals surface area (Å²) in [5.41, 5.74) is 2.30. The van der Waals surface area contributed by atoms with E-state index >= 15 is 0 Å². The summed E-state index contributed by atoms with van der Waals surface area (Å²) in [4.78, 5) is 14.5. The summed E-state index contributed by atoms with van der Waals surface area (Å²) < 4.78 is 0. The number of benzene rings is 2. The Morgan fingerprint density at radius 2 is 1.67 bits per heavy atom. The van der Waals surface area contributed by atoms with Gasteiger partial charge in [0.1, 0.15) is 0 Å². The molecule has 0 radical (unpaired) electrons. The first-order chi connectivity index (χ1) is 10.2. The van der Waals surface area contributed by atoms with Gasteiger partial charge in [0.15, 0.2) is 0 Å². The SMILES string of the molecule is CN(C)CCNc1ccccc1C(=O)Nc1ccccc1. The van der Waals surface area contributed by atoms with Crippen LogP contribution in [0.15, 0.2) is 54.6 Å². The van der Waals surface area contributed by atoms with Crippen LogP contribution in [-0.4, -0.2) is 38.0 Å². The summed E-state index contributed by atoms with van der Waals surface area (Å²) in [6.07, 6.45) is 0. The van der Waals surface area contributed by atoms with Crippen LogP contribution < -0.4 is 10.6 Å². The van der Waals surface area contributed by atoms with Crippen molar-refractivity contribution in [2.24, 2.45) is 0 Å². The molecular formula is C17H21N3O. The minimum Gasteiger partial charge on any atom is -0.383 e. The van der Waals surface area contributed by atoms with E-state index in [1.165, 1.54) is 0 Å². The maximum Gasteiger partial charge on any atom is 0.257 e. The second kappa shape index (κ2) is 7.45. The zero-order valence-electron chi connectivity index (χ0n) is 12.5.